The van der Waals surface area contributed by atoms with Crippen LogP contribution in [0, 0.1) is 0 Å². The molecule has 0 amide bonds. The van der Waals surface area contributed by atoms with Crippen molar-refractivity contribution in [3.63, 3.8) is 0 Å². The van der Waals surface area contributed by atoms with E-state index < -0.39 is 10.0 Å². The zero-order valence-electron chi connectivity index (χ0n) is 10.6. The Morgan fingerprint density at radius 3 is 2.59 bits per heavy atom. The Balaban J connectivity index is 2.88. The van der Waals surface area contributed by atoms with Gasteiger partial charge in [-0.25, -0.2) is 8.42 Å². The van der Waals surface area contributed by atoms with Gasteiger partial charge in [-0.3, -0.25) is 4.98 Å². The van der Waals surface area contributed by atoms with Gasteiger partial charge >= 0.3 is 0 Å². The highest BCUT2D eigenvalue weighted by Crippen LogP contribution is 2.13. The summed E-state index contributed by atoms with van der Waals surface area (Å²) in [7, 11) is -3.16. The van der Waals surface area contributed by atoms with Gasteiger partial charge in [-0.1, -0.05) is 13.0 Å². The number of hydrogen-bond donors (Lipinski definition) is 0. The third-order valence-electron chi connectivity index (χ3n) is 2.46. The number of nitrogens with zero attached hydrogens (tertiary/aromatic N) is 2. The molecule has 17 heavy (non-hydrogen) atoms. The molecular weight excluding hydrogens is 236 g/mol. The van der Waals surface area contributed by atoms with E-state index in [1.54, 1.807) is 12.4 Å². The van der Waals surface area contributed by atoms with Crippen LogP contribution in [0.5, 0.6) is 0 Å². The van der Waals surface area contributed by atoms with Crippen molar-refractivity contribution in [2.75, 3.05) is 5.75 Å². The maximum atomic E-state index is 12.1. The van der Waals surface area contributed by atoms with Crippen LogP contribution in [0.25, 0.3) is 0 Å². The molecule has 1 aromatic rings. The van der Waals surface area contributed by atoms with Gasteiger partial charge in [0.2, 0.25) is 10.0 Å². The monoisotopic (exact) mass is 256 g/mol. The van der Waals surface area contributed by atoms with Gasteiger partial charge in [-0.2, -0.15) is 4.31 Å². The molecule has 0 saturated heterocycles. The number of aromatic nitrogens is 1. The molecule has 0 bridgehead atoms. The molecule has 0 unspecified atom stereocenters. The molecule has 1 aromatic heterocycles. The molecule has 0 aromatic carbocycles. The summed E-state index contributed by atoms with van der Waals surface area (Å²) in [6.45, 7) is 6.06. The molecule has 0 aliphatic heterocycles. The highest BCUT2D eigenvalue weighted by atomic mass is 32.2. The predicted octanol–water partition coefficient (Wildman–Crippen LogP) is 2.03. The van der Waals surface area contributed by atoms with Crippen LogP contribution in [0.1, 0.15) is 32.8 Å². The van der Waals surface area contributed by atoms with Gasteiger partial charge in [0.1, 0.15) is 0 Å². The van der Waals surface area contributed by atoms with Gasteiger partial charge in [-0.05, 0) is 31.9 Å². The van der Waals surface area contributed by atoms with Crippen LogP contribution in [0.15, 0.2) is 24.5 Å². The van der Waals surface area contributed by atoms with Gasteiger partial charge in [0.25, 0.3) is 0 Å². The molecule has 1 heterocycles. The zero-order chi connectivity index (χ0) is 12.9. The molecule has 0 aliphatic carbocycles. The maximum Gasteiger partial charge on any atom is 0.214 e. The van der Waals surface area contributed by atoms with Crippen LogP contribution in [0.4, 0.5) is 0 Å². The second-order valence-corrected chi connectivity index (χ2v) is 6.36. The highest BCUT2D eigenvalue weighted by molar-refractivity contribution is 7.89. The Morgan fingerprint density at radius 1 is 1.41 bits per heavy atom. The molecule has 1 rings (SSSR count). The first kappa shape index (κ1) is 14.1. The minimum Gasteiger partial charge on any atom is -0.264 e. The topological polar surface area (TPSA) is 50.3 Å². The van der Waals surface area contributed by atoms with Crippen LogP contribution in [0.3, 0.4) is 0 Å². The summed E-state index contributed by atoms with van der Waals surface area (Å²) in [4.78, 5) is 4.00. The van der Waals surface area contributed by atoms with Gasteiger partial charge < -0.3 is 0 Å². The van der Waals surface area contributed by atoms with E-state index in [9.17, 15) is 8.42 Å². The van der Waals surface area contributed by atoms with Crippen LogP contribution in [-0.4, -0.2) is 29.5 Å². The number of pyridine rings is 1. The van der Waals surface area contributed by atoms with Crippen molar-refractivity contribution in [2.45, 2.75) is 39.8 Å². The van der Waals surface area contributed by atoms with Crippen LogP contribution in [-0.2, 0) is 16.6 Å². The molecule has 0 atom stereocenters. The SMILES string of the molecule is CCCS(=O)(=O)N(Cc1cccnc1)C(C)C. The molecule has 96 valence electrons. The lowest BCUT2D eigenvalue weighted by atomic mass is 10.2. The molecule has 0 aliphatic rings. The van der Waals surface area contributed by atoms with Crippen molar-refractivity contribution in [1.82, 2.24) is 9.29 Å². The van der Waals surface area contributed by atoms with E-state index in [4.69, 9.17) is 0 Å². The summed E-state index contributed by atoms with van der Waals surface area (Å²) in [5, 5.41) is 0. The van der Waals surface area contributed by atoms with Crippen LogP contribution < -0.4 is 0 Å². The Hall–Kier alpha value is -0.940. The fraction of sp³-hybridized carbons (Fsp3) is 0.583. The van der Waals surface area contributed by atoms with Crippen molar-refractivity contribution in [1.29, 1.82) is 0 Å². The van der Waals surface area contributed by atoms with Gasteiger partial charge in [0, 0.05) is 25.0 Å². The van der Waals surface area contributed by atoms with E-state index >= 15 is 0 Å². The fourth-order valence-corrected chi connectivity index (χ4v) is 3.39. The number of hydrogen-bond acceptors (Lipinski definition) is 3. The average Bonchev–Trinajstić information content (AvgIpc) is 2.26. The highest BCUT2D eigenvalue weighted by Gasteiger charge is 2.23. The van der Waals surface area contributed by atoms with Gasteiger partial charge in [-0.15, -0.1) is 0 Å². The predicted molar refractivity (Wildman–Crippen MR) is 69.0 cm³/mol. The van der Waals surface area contributed by atoms with Crippen molar-refractivity contribution in [3.05, 3.63) is 30.1 Å². The minimum absolute atomic E-state index is 0.0354. The summed E-state index contributed by atoms with van der Waals surface area (Å²) >= 11 is 0. The first-order chi connectivity index (χ1) is 7.97. The number of rotatable bonds is 6. The summed E-state index contributed by atoms with van der Waals surface area (Å²) < 4.78 is 25.7. The molecule has 0 fully saturated rings. The lowest BCUT2D eigenvalue weighted by Crippen LogP contribution is -2.37. The van der Waals surface area contributed by atoms with Gasteiger partial charge in [0.05, 0.1) is 5.75 Å². The van der Waals surface area contributed by atoms with E-state index in [1.165, 1.54) is 4.31 Å². The van der Waals surface area contributed by atoms with Gasteiger partial charge in [0.15, 0.2) is 0 Å². The first-order valence-electron chi connectivity index (χ1n) is 5.85. The third-order valence-corrected chi connectivity index (χ3v) is 4.65. The lowest BCUT2D eigenvalue weighted by Gasteiger charge is -2.25. The summed E-state index contributed by atoms with van der Waals surface area (Å²) in [6, 6.07) is 3.68. The molecular formula is C12H20N2O2S. The molecule has 0 saturated carbocycles. The Labute approximate surface area is 104 Å². The third kappa shape index (κ3) is 4.09. The zero-order valence-corrected chi connectivity index (χ0v) is 11.4. The molecule has 5 heteroatoms. The van der Waals surface area contributed by atoms with Crippen LogP contribution >= 0.6 is 0 Å². The summed E-state index contributed by atoms with van der Waals surface area (Å²) in [5.41, 5.74) is 0.917. The molecule has 4 nitrogen and oxygen atoms in total. The van der Waals surface area contributed by atoms with Crippen molar-refractivity contribution in [3.8, 4) is 0 Å². The standard InChI is InChI=1S/C12H20N2O2S/c1-4-8-17(15,16)14(11(2)3)10-12-6-5-7-13-9-12/h5-7,9,11H,4,8,10H2,1-3H3. The van der Waals surface area contributed by atoms with E-state index in [2.05, 4.69) is 4.98 Å². The van der Waals surface area contributed by atoms with Crippen molar-refractivity contribution >= 4 is 10.0 Å². The lowest BCUT2D eigenvalue weighted by molar-refractivity contribution is 0.347. The summed E-state index contributed by atoms with van der Waals surface area (Å²) in [6.07, 6.45) is 4.03. The van der Waals surface area contributed by atoms with E-state index in [0.717, 1.165) is 5.56 Å². The second-order valence-electron chi connectivity index (χ2n) is 4.32. The first-order valence-corrected chi connectivity index (χ1v) is 7.46. The average molecular weight is 256 g/mol. The quantitative estimate of drug-likeness (QED) is 0.782. The fourth-order valence-electron chi connectivity index (χ4n) is 1.65. The minimum atomic E-state index is -3.16. The Bertz CT molecular complexity index is 429. The molecule has 0 radical (unpaired) electrons. The number of sulfonamides is 1. The normalized spacial score (nSPS) is 12.3. The largest absolute Gasteiger partial charge is 0.264 e. The summed E-state index contributed by atoms with van der Waals surface area (Å²) in [5.74, 6) is 0.200. The van der Waals surface area contributed by atoms with Crippen molar-refractivity contribution in [2.24, 2.45) is 0 Å². The Kier molecular flexibility index (Phi) is 5.08. The van der Waals surface area contributed by atoms with E-state index in [0.29, 0.717) is 13.0 Å². The Morgan fingerprint density at radius 2 is 2.12 bits per heavy atom. The maximum absolute atomic E-state index is 12.1. The van der Waals surface area contributed by atoms with Crippen molar-refractivity contribution < 1.29 is 8.42 Å². The molecule has 0 N–H and O–H groups in total. The van der Waals surface area contributed by atoms with E-state index in [1.807, 2.05) is 32.9 Å². The smallest absolute Gasteiger partial charge is 0.214 e. The van der Waals surface area contributed by atoms with Crippen LogP contribution in [0.2, 0.25) is 0 Å². The van der Waals surface area contributed by atoms with E-state index in [-0.39, 0.29) is 11.8 Å². The second kappa shape index (κ2) is 6.12. The molecule has 0 spiro atoms.